The quantitative estimate of drug-likeness (QED) is 0.494. The van der Waals surface area contributed by atoms with Gasteiger partial charge in [0.15, 0.2) is 0 Å². The maximum Gasteiger partial charge on any atom is 0.0990 e. The molecule has 0 saturated heterocycles. The third-order valence-electron chi connectivity index (χ3n) is 3.07. The minimum absolute atomic E-state index is 0.735. The van der Waals surface area contributed by atoms with Gasteiger partial charge in [-0.2, -0.15) is 0 Å². The molecular formula is C14H27N3. The van der Waals surface area contributed by atoms with E-state index in [1.54, 1.807) is 0 Å². The Kier molecular flexibility index (Phi) is 7.72. The Bertz CT molecular complexity index is 246. The highest BCUT2D eigenvalue weighted by Gasteiger charge is 2.14. The summed E-state index contributed by atoms with van der Waals surface area (Å²) in [4.78, 5) is 6.89. The average Bonchev–Trinajstić information content (AvgIpc) is 2.76. The Morgan fingerprint density at radius 1 is 1.29 bits per heavy atom. The number of amidine groups is 1. The molecule has 0 radical (unpaired) electrons. The van der Waals surface area contributed by atoms with Crippen LogP contribution < -0.4 is 5.73 Å². The van der Waals surface area contributed by atoms with Gasteiger partial charge in [-0.05, 0) is 25.7 Å². The summed E-state index contributed by atoms with van der Waals surface area (Å²) in [6.45, 7) is 5.96. The minimum atomic E-state index is 0.735. The van der Waals surface area contributed by atoms with E-state index in [2.05, 4.69) is 29.0 Å². The van der Waals surface area contributed by atoms with Crippen LogP contribution in [-0.2, 0) is 0 Å². The molecule has 0 atom stereocenters. The topological polar surface area (TPSA) is 41.6 Å². The zero-order valence-electron chi connectivity index (χ0n) is 11.2. The van der Waals surface area contributed by atoms with Crippen molar-refractivity contribution in [2.45, 2.75) is 45.4 Å². The summed E-state index contributed by atoms with van der Waals surface area (Å²) in [7, 11) is 0. The number of hydrogen-bond acceptors (Lipinski definition) is 3. The van der Waals surface area contributed by atoms with Crippen LogP contribution in [0.3, 0.4) is 0 Å². The third kappa shape index (κ3) is 5.87. The van der Waals surface area contributed by atoms with Crippen LogP contribution in [0.1, 0.15) is 45.4 Å². The Labute approximate surface area is 106 Å². The number of hydrogen-bond donors (Lipinski definition) is 1. The normalized spacial score (nSPS) is 15.9. The van der Waals surface area contributed by atoms with E-state index in [-0.39, 0.29) is 0 Å². The predicted octanol–water partition coefficient (Wildman–Crippen LogP) is 2.58. The van der Waals surface area contributed by atoms with Crippen molar-refractivity contribution in [2.24, 2.45) is 10.7 Å². The largest absolute Gasteiger partial charge is 0.357 e. The van der Waals surface area contributed by atoms with Crippen LogP contribution in [0.25, 0.3) is 0 Å². The van der Waals surface area contributed by atoms with Gasteiger partial charge in [-0.25, -0.2) is 0 Å². The Hall–Kier alpha value is -0.830. The van der Waals surface area contributed by atoms with Gasteiger partial charge < -0.3 is 10.6 Å². The van der Waals surface area contributed by atoms with Gasteiger partial charge in [0.2, 0.25) is 0 Å². The molecule has 1 aliphatic heterocycles. The molecule has 0 aromatic rings. The second-order valence-electron chi connectivity index (χ2n) is 4.58. The van der Waals surface area contributed by atoms with Gasteiger partial charge in [0.1, 0.15) is 0 Å². The van der Waals surface area contributed by atoms with Crippen LogP contribution in [-0.4, -0.2) is 36.9 Å². The standard InChI is InChI=1S/C14H27N3/c1-2-3-4-5-6-7-8-9-14-16-11-13-17(14)12-10-15/h4-5H,2-3,6-13,15H2,1H3/b5-4+. The van der Waals surface area contributed by atoms with Gasteiger partial charge in [0.25, 0.3) is 0 Å². The fourth-order valence-corrected chi connectivity index (χ4v) is 2.11. The monoisotopic (exact) mass is 237 g/mol. The summed E-state index contributed by atoms with van der Waals surface area (Å²) < 4.78 is 0. The van der Waals surface area contributed by atoms with E-state index in [1.165, 1.54) is 37.9 Å². The SMILES string of the molecule is CCC/C=C/CCCCC1=NCCN1CCN. The van der Waals surface area contributed by atoms with E-state index in [4.69, 9.17) is 5.73 Å². The molecule has 2 N–H and O–H groups in total. The lowest BCUT2D eigenvalue weighted by Gasteiger charge is -2.19. The van der Waals surface area contributed by atoms with Gasteiger partial charge in [0.05, 0.1) is 12.4 Å². The first-order chi connectivity index (χ1) is 8.38. The smallest absolute Gasteiger partial charge is 0.0990 e. The lowest BCUT2D eigenvalue weighted by molar-refractivity contribution is 0.457. The first kappa shape index (κ1) is 14.2. The fourth-order valence-electron chi connectivity index (χ4n) is 2.11. The molecule has 1 heterocycles. The molecule has 0 unspecified atom stereocenters. The van der Waals surface area contributed by atoms with Crippen LogP contribution >= 0.6 is 0 Å². The molecule has 3 nitrogen and oxygen atoms in total. The van der Waals surface area contributed by atoms with Crippen LogP contribution in [0.5, 0.6) is 0 Å². The number of unbranched alkanes of at least 4 members (excludes halogenated alkanes) is 3. The number of nitrogens with zero attached hydrogens (tertiary/aromatic N) is 2. The van der Waals surface area contributed by atoms with Crippen molar-refractivity contribution in [1.29, 1.82) is 0 Å². The first-order valence-electron chi connectivity index (χ1n) is 7.01. The van der Waals surface area contributed by atoms with Crippen molar-refractivity contribution in [3.63, 3.8) is 0 Å². The van der Waals surface area contributed by atoms with Crippen LogP contribution in [0.4, 0.5) is 0 Å². The third-order valence-corrected chi connectivity index (χ3v) is 3.07. The number of allylic oxidation sites excluding steroid dienone is 2. The molecule has 0 aromatic heterocycles. The second-order valence-corrected chi connectivity index (χ2v) is 4.58. The van der Waals surface area contributed by atoms with E-state index in [0.29, 0.717) is 0 Å². The summed E-state index contributed by atoms with van der Waals surface area (Å²) in [6.07, 6.45) is 11.9. The van der Waals surface area contributed by atoms with Crippen molar-refractivity contribution in [3.8, 4) is 0 Å². The van der Waals surface area contributed by atoms with E-state index in [0.717, 1.165) is 32.6 Å². The Balaban J connectivity index is 2.06. The lowest BCUT2D eigenvalue weighted by Crippen LogP contribution is -2.32. The summed E-state index contributed by atoms with van der Waals surface area (Å²) in [5.41, 5.74) is 5.59. The van der Waals surface area contributed by atoms with Crippen LogP contribution in [0.15, 0.2) is 17.1 Å². The molecule has 98 valence electrons. The highest BCUT2D eigenvalue weighted by atomic mass is 15.2. The minimum Gasteiger partial charge on any atom is -0.357 e. The first-order valence-corrected chi connectivity index (χ1v) is 7.01. The molecule has 0 aliphatic carbocycles. The highest BCUT2D eigenvalue weighted by Crippen LogP contribution is 2.09. The predicted molar refractivity (Wildman–Crippen MR) is 75.4 cm³/mol. The molecule has 0 spiro atoms. The van der Waals surface area contributed by atoms with Crippen molar-refractivity contribution in [3.05, 3.63) is 12.2 Å². The van der Waals surface area contributed by atoms with Crippen molar-refractivity contribution < 1.29 is 0 Å². The van der Waals surface area contributed by atoms with Gasteiger partial charge in [-0.1, -0.05) is 25.5 Å². The van der Waals surface area contributed by atoms with E-state index in [9.17, 15) is 0 Å². The Morgan fingerprint density at radius 3 is 2.88 bits per heavy atom. The van der Waals surface area contributed by atoms with Crippen molar-refractivity contribution in [1.82, 2.24) is 4.90 Å². The molecule has 1 aliphatic rings. The molecule has 0 aromatic carbocycles. The molecule has 0 fully saturated rings. The zero-order chi connectivity index (χ0) is 12.3. The highest BCUT2D eigenvalue weighted by molar-refractivity contribution is 5.83. The van der Waals surface area contributed by atoms with Crippen LogP contribution in [0.2, 0.25) is 0 Å². The van der Waals surface area contributed by atoms with Gasteiger partial charge in [-0.3, -0.25) is 4.99 Å². The lowest BCUT2D eigenvalue weighted by atomic mass is 10.1. The van der Waals surface area contributed by atoms with Gasteiger partial charge in [-0.15, -0.1) is 0 Å². The van der Waals surface area contributed by atoms with Gasteiger partial charge >= 0.3 is 0 Å². The summed E-state index contributed by atoms with van der Waals surface area (Å²) in [5.74, 6) is 1.29. The summed E-state index contributed by atoms with van der Waals surface area (Å²) in [5, 5.41) is 0. The van der Waals surface area contributed by atoms with E-state index >= 15 is 0 Å². The van der Waals surface area contributed by atoms with E-state index < -0.39 is 0 Å². The molecule has 0 amide bonds. The zero-order valence-corrected chi connectivity index (χ0v) is 11.2. The fraction of sp³-hybridized carbons (Fsp3) is 0.786. The Morgan fingerprint density at radius 2 is 2.12 bits per heavy atom. The van der Waals surface area contributed by atoms with Crippen LogP contribution in [0, 0.1) is 0 Å². The molecule has 3 heteroatoms. The number of aliphatic imine (C=N–C) groups is 1. The molecule has 0 saturated carbocycles. The molecule has 17 heavy (non-hydrogen) atoms. The molecule has 1 rings (SSSR count). The van der Waals surface area contributed by atoms with Crippen molar-refractivity contribution in [2.75, 3.05) is 26.2 Å². The number of nitrogens with two attached hydrogens (primary N) is 1. The van der Waals surface area contributed by atoms with Gasteiger partial charge in [0, 0.05) is 26.1 Å². The average molecular weight is 237 g/mol. The van der Waals surface area contributed by atoms with Crippen molar-refractivity contribution >= 4 is 5.84 Å². The maximum atomic E-state index is 5.59. The second kappa shape index (κ2) is 9.23. The molecular weight excluding hydrogens is 210 g/mol. The molecule has 0 bridgehead atoms. The summed E-state index contributed by atoms with van der Waals surface area (Å²) in [6, 6.07) is 0. The summed E-state index contributed by atoms with van der Waals surface area (Å²) >= 11 is 0. The number of rotatable bonds is 9. The van der Waals surface area contributed by atoms with E-state index in [1.807, 2.05) is 0 Å². The maximum absolute atomic E-state index is 5.59.